The number of thioether (sulfide) groups is 1. The highest BCUT2D eigenvalue weighted by Crippen LogP contribution is 2.39. The first-order valence-electron chi connectivity index (χ1n) is 14.1. The van der Waals surface area contributed by atoms with Gasteiger partial charge in [-0.15, -0.1) is 11.8 Å². The zero-order chi connectivity index (χ0) is 27.9. The number of β-amino-alcohol motifs (C(OH)–C–C–N with tert-alkyl or cyclic N) is 1. The SMILES string of the molecule is CC(=O)Oc1cccc(C(=O)N[C@@H](CSc2ccccc2)C(O)CN2CC3CCCCC3C[C@H]2C(C)O)c1C. The number of carbonyl (C=O) groups excluding carboxylic acids is 2. The fourth-order valence-corrected chi connectivity index (χ4v) is 7.16. The third-order valence-corrected chi connectivity index (χ3v) is 9.39. The maximum atomic E-state index is 13.5. The summed E-state index contributed by atoms with van der Waals surface area (Å²) in [6.45, 7) is 6.17. The van der Waals surface area contributed by atoms with Crippen LogP contribution in [0.25, 0.3) is 0 Å². The topological polar surface area (TPSA) is 99.1 Å². The van der Waals surface area contributed by atoms with Crippen LogP contribution in [0.1, 0.15) is 61.9 Å². The van der Waals surface area contributed by atoms with Crippen LogP contribution in [0.3, 0.4) is 0 Å². The minimum absolute atomic E-state index is 0.000200. The summed E-state index contributed by atoms with van der Waals surface area (Å²) in [5.74, 6) is 1.30. The van der Waals surface area contributed by atoms with Crippen molar-refractivity contribution >= 4 is 23.6 Å². The van der Waals surface area contributed by atoms with Gasteiger partial charge in [0.1, 0.15) is 5.75 Å². The molecule has 212 valence electrons. The summed E-state index contributed by atoms with van der Waals surface area (Å²) in [5, 5.41) is 25.2. The van der Waals surface area contributed by atoms with E-state index in [0.717, 1.165) is 17.9 Å². The minimum atomic E-state index is -0.830. The van der Waals surface area contributed by atoms with Gasteiger partial charge in [0.15, 0.2) is 0 Å². The van der Waals surface area contributed by atoms with Crippen molar-refractivity contribution in [2.45, 2.75) is 82.1 Å². The number of carbonyl (C=O) groups is 2. The summed E-state index contributed by atoms with van der Waals surface area (Å²) >= 11 is 1.59. The number of benzene rings is 2. The van der Waals surface area contributed by atoms with Crippen molar-refractivity contribution < 1.29 is 24.5 Å². The molecule has 6 atom stereocenters. The molecule has 0 bridgehead atoms. The molecule has 2 aromatic carbocycles. The Kier molecular flexibility index (Phi) is 10.5. The molecule has 2 aliphatic rings. The number of amides is 1. The number of nitrogens with zero attached hydrogens (tertiary/aromatic N) is 1. The Hall–Kier alpha value is -2.39. The van der Waals surface area contributed by atoms with Crippen LogP contribution in [-0.2, 0) is 4.79 Å². The molecule has 4 rings (SSSR count). The average molecular weight is 555 g/mol. The van der Waals surface area contributed by atoms with Crippen LogP contribution in [0.15, 0.2) is 53.4 Å². The standard InChI is InChI=1S/C31H42N2O5S/c1-20-26(14-9-15-30(20)38-22(3)35)31(37)32-27(19-39-25-12-5-4-6-13-25)29(36)18-33-17-24-11-8-7-10-23(24)16-28(33)21(2)34/h4-6,9,12-15,21,23-24,27-29,34,36H,7-8,10-11,16-19H2,1-3H3,(H,32,37)/t21?,23?,24?,27-,28-,29?/m0/s1. The van der Waals surface area contributed by atoms with Gasteiger partial charge in [-0.2, -0.15) is 0 Å². The summed E-state index contributed by atoms with van der Waals surface area (Å²) in [6.07, 6.45) is 4.57. The highest BCUT2D eigenvalue weighted by Gasteiger charge is 2.40. The van der Waals surface area contributed by atoms with Crippen molar-refractivity contribution in [1.29, 1.82) is 0 Å². The molecule has 1 heterocycles. The minimum Gasteiger partial charge on any atom is -0.426 e. The molecule has 4 unspecified atom stereocenters. The van der Waals surface area contributed by atoms with Gasteiger partial charge in [-0.3, -0.25) is 14.5 Å². The third kappa shape index (κ3) is 7.84. The molecule has 1 saturated heterocycles. The van der Waals surface area contributed by atoms with E-state index in [1.807, 2.05) is 37.3 Å². The van der Waals surface area contributed by atoms with Crippen LogP contribution in [-0.4, -0.2) is 70.1 Å². The summed E-state index contributed by atoms with van der Waals surface area (Å²) in [4.78, 5) is 28.3. The molecule has 1 aliphatic heterocycles. The lowest BCUT2D eigenvalue weighted by atomic mass is 9.72. The Morgan fingerprint density at radius 2 is 1.79 bits per heavy atom. The van der Waals surface area contributed by atoms with Crippen molar-refractivity contribution in [3.05, 3.63) is 59.7 Å². The molecule has 8 heteroatoms. The van der Waals surface area contributed by atoms with Crippen LogP contribution in [0.4, 0.5) is 0 Å². The smallest absolute Gasteiger partial charge is 0.308 e. The fourth-order valence-electron chi connectivity index (χ4n) is 6.13. The number of fused-ring (bicyclic) bond motifs is 1. The Morgan fingerprint density at radius 1 is 1.08 bits per heavy atom. The van der Waals surface area contributed by atoms with E-state index in [9.17, 15) is 19.8 Å². The largest absolute Gasteiger partial charge is 0.426 e. The highest BCUT2D eigenvalue weighted by molar-refractivity contribution is 7.99. The van der Waals surface area contributed by atoms with Gasteiger partial charge in [0.2, 0.25) is 0 Å². The molecule has 0 spiro atoms. The van der Waals surface area contributed by atoms with Crippen LogP contribution < -0.4 is 10.1 Å². The normalized spacial score (nSPS) is 23.8. The summed E-state index contributed by atoms with van der Waals surface area (Å²) < 4.78 is 5.27. The summed E-state index contributed by atoms with van der Waals surface area (Å²) in [6, 6.07) is 14.4. The van der Waals surface area contributed by atoms with Gasteiger partial charge in [0.25, 0.3) is 5.91 Å². The average Bonchev–Trinajstić information content (AvgIpc) is 2.91. The Balaban J connectivity index is 1.51. The monoisotopic (exact) mass is 554 g/mol. The number of esters is 1. The molecular weight excluding hydrogens is 512 g/mol. The Bertz CT molecular complexity index is 1110. The van der Waals surface area contributed by atoms with Gasteiger partial charge in [0, 0.05) is 47.8 Å². The van der Waals surface area contributed by atoms with Crippen LogP contribution in [0.2, 0.25) is 0 Å². The van der Waals surface area contributed by atoms with Crippen LogP contribution in [0, 0.1) is 18.8 Å². The zero-order valence-electron chi connectivity index (χ0n) is 23.2. The second-order valence-electron chi connectivity index (χ2n) is 11.1. The second kappa shape index (κ2) is 13.8. The molecule has 1 saturated carbocycles. The fraction of sp³-hybridized carbons (Fsp3) is 0.548. The van der Waals surface area contributed by atoms with E-state index in [4.69, 9.17) is 4.74 Å². The maximum Gasteiger partial charge on any atom is 0.308 e. The Labute approximate surface area is 236 Å². The predicted molar refractivity (Wildman–Crippen MR) is 154 cm³/mol. The lowest BCUT2D eigenvalue weighted by Gasteiger charge is -2.48. The quantitative estimate of drug-likeness (QED) is 0.227. The number of rotatable bonds is 10. The molecule has 0 radical (unpaired) electrons. The van der Waals surface area contributed by atoms with Crippen molar-refractivity contribution in [2.75, 3.05) is 18.8 Å². The lowest BCUT2D eigenvalue weighted by Crippen LogP contribution is -2.57. The Morgan fingerprint density at radius 3 is 2.49 bits per heavy atom. The molecule has 7 nitrogen and oxygen atoms in total. The molecule has 1 aliphatic carbocycles. The number of hydrogen-bond acceptors (Lipinski definition) is 7. The lowest BCUT2D eigenvalue weighted by molar-refractivity contribution is -0.131. The number of hydrogen-bond donors (Lipinski definition) is 3. The van der Waals surface area contributed by atoms with Crippen molar-refractivity contribution in [2.24, 2.45) is 11.8 Å². The van der Waals surface area contributed by atoms with Gasteiger partial charge in [-0.05, 0) is 62.8 Å². The van der Waals surface area contributed by atoms with E-state index < -0.39 is 24.2 Å². The van der Waals surface area contributed by atoms with Gasteiger partial charge in [0.05, 0.1) is 18.2 Å². The zero-order valence-corrected chi connectivity index (χ0v) is 24.0. The first-order valence-corrected chi connectivity index (χ1v) is 15.1. The number of piperidine rings is 1. The van der Waals surface area contributed by atoms with Crippen molar-refractivity contribution in [1.82, 2.24) is 10.2 Å². The van der Waals surface area contributed by atoms with E-state index in [-0.39, 0.29) is 11.9 Å². The number of aliphatic hydroxyl groups is 2. The van der Waals surface area contributed by atoms with E-state index in [1.165, 1.54) is 32.6 Å². The van der Waals surface area contributed by atoms with Gasteiger partial charge >= 0.3 is 5.97 Å². The number of aliphatic hydroxyl groups excluding tert-OH is 2. The van der Waals surface area contributed by atoms with Gasteiger partial charge in [-0.1, -0.05) is 43.5 Å². The first-order chi connectivity index (χ1) is 18.7. The van der Waals surface area contributed by atoms with Crippen molar-refractivity contribution in [3.8, 4) is 5.75 Å². The number of nitrogens with one attached hydrogen (secondary N) is 1. The summed E-state index contributed by atoms with van der Waals surface area (Å²) in [5.41, 5.74) is 0.975. The van der Waals surface area contributed by atoms with Gasteiger partial charge < -0.3 is 20.3 Å². The molecule has 0 aromatic heterocycles. The van der Waals surface area contributed by atoms with E-state index >= 15 is 0 Å². The van der Waals surface area contributed by atoms with E-state index in [2.05, 4.69) is 10.2 Å². The molecule has 2 aromatic rings. The number of likely N-dealkylation sites (tertiary alicyclic amines) is 1. The maximum absolute atomic E-state index is 13.5. The number of ether oxygens (including phenoxy) is 1. The second-order valence-corrected chi connectivity index (χ2v) is 12.2. The van der Waals surface area contributed by atoms with Crippen LogP contribution >= 0.6 is 11.8 Å². The van der Waals surface area contributed by atoms with Crippen molar-refractivity contribution in [3.63, 3.8) is 0 Å². The molecule has 39 heavy (non-hydrogen) atoms. The molecule has 2 fully saturated rings. The molecule has 3 N–H and O–H groups in total. The molecular formula is C31H42N2O5S. The molecule has 1 amide bonds. The van der Waals surface area contributed by atoms with E-state index in [0.29, 0.717) is 41.0 Å². The van der Waals surface area contributed by atoms with E-state index in [1.54, 1.807) is 36.9 Å². The van der Waals surface area contributed by atoms with Gasteiger partial charge in [-0.25, -0.2) is 0 Å². The van der Waals surface area contributed by atoms with Crippen LogP contribution in [0.5, 0.6) is 5.75 Å². The third-order valence-electron chi connectivity index (χ3n) is 8.26. The summed E-state index contributed by atoms with van der Waals surface area (Å²) in [7, 11) is 0. The first kappa shape index (κ1) is 29.6. The predicted octanol–water partition coefficient (Wildman–Crippen LogP) is 4.43. The highest BCUT2D eigenvalue weighted by atomic mass is 32.2.